The van der Waals surface area contributed by atoms with Gasteiger partial charge in [-0.05, 0) is 18.8 Å². The van der Waals surface area contributed by atoms with Crippen LogP contribution in [0.5, 0.6) is 0 Å². The van der Waals surface area contributed by atoms with Crippen LogP contribution in [0, 0.1) is 5.92 Å². The van der Waals surface area contributed by atoms with E-state index in [1.54, 1.807) is 0 Å². The quantitative estimate of drug-likeness (QED) is 0.636. The van der Waals surface area contributed by atoms with Gasteiger partial charge in [0, 0.05) is 19.0 Å². The molecule has 0 unspecified atom stereocenters. The van der Waals surface area contributed by atoms with Crippen LogP contribution in [0.2, 0.25) is 0 Å². The van der Waals surface area contributed by atoms with Crippen LogP contribution in [0.3, 0.4) is 0 Å². The fourth-order valence-corrected chi connectivity index (χ4v) is 1.55. The van der Waals surface area contributed by atoms with Gasteiger partial charge in [0.1, 0.15) is 6.04 Å². The summed E-state index contributed by atoms with van der Waals surface area (Å²) in [5.41, 5.74) is 0. The number of ether oxygens (including phenoxy) is 1. The van der Waals surface area contributed by atoms with Gasteiger partial charge in [-0.25, -0.2) is 4.79 Å². The van der Waals surface area contributed by atoms with Gasteiger partial charge in [0.25, 0.3) is 0 Å². The Balaban J connectivity index is 2.26. The number of methoxy groups -OCH3 is 1. The summed E-state index contributed by atoms with van der Waals surface area (Å²) in [5, 5.41) is 5.96. The normalized spacial score (nSPS) is 16.7. The van der Waals surface area contributed by atoms with Crippen LogP contribution in [-0.2, 0) is 14.3 Å². The van der Waals surface area contributed by atoms with Crippen molar-refractivity contribution in [2.24, 2.45) is 5.92 Å². The van der Waals surface area contributed by atoms with E-state index in [4.69, 9.17) is 0 Å². The van der Waals surface area contributed by atoms with Crippen LogP contribution in [0.1, 0.15) is 33.1 Å². The molecule has 1 atom stereocenters. The van der Waals surface area contributed by atoms with Crippen molar-refractivity contribution < 1.29 is 14.3 Å². The molecule has 1 aliphatic rings. The summed E-state index contributed by atoms with van der Waals surface area (Å²) in [4.78, 5) is 23.0. The van der Waals surface area contributed by atoms with Gasteiger partial charge in [-0.3, -0.25) is 4.79 Å². The van der Waals surface area contributed by atoms with E-state index in [9.17, 15) is 9.59 Å². The molecule has 0 aromatic carbocycles. The third-order valence-corrected chi connectivity index (χ3v) is 2.80. The number of hydrogen-bond donors (Lipinski definition) is 2. The van der Waals surface area contributed by atoms with E-state index < -0.39 is 6.04 Å². The molecule has 1 amide bonds. The van der Waals surface area contributed by atoms with Gasteiger partial charge in [-0.15, -0.1) is 0 Å². The SMILES string of the molecule is COC(=O)[C@H](NC(=O)CCNC1CC1)C(C)C. The summed E-state index contributed by atoms with van der Waals surface area (Å²) in [6, 6.07) is 0.0535. The van der Waals surface area contributed by atoms with Crippen molar-refractivity contribution in [2.75, 3.05) is 13.7 Å². The number of carbonyl (C=O) groups is 2. The van der Waals surface area contributed by atoms with Crippen LogP contribution in [0.25, 0.3) is 0 Å². The first-order valence-corrected chi connectivity index (χ1v) is 6.15. The van der Waals surface area contributed by atoms with Gasteiger partial charge >= 0.3 is 5.97 Å². The van der Waals surface area contributed by atoms with E-state index in [1.165, 1.54) is 20.0 Å². The molecule has 0 heterocycles. The third-order valence-electron chi connectivity index (χ3n) is 2.80. The second-order valence-electron chi connectivity index (χ2n) is 4.79. The first-order valence-electron chi connectivity index (χ1n) is 6.15. The Morgan fingerprint density at radius 2 is 2.00 bits per heavy atom. The van der Waals surface area contributed by atoms with E-state index in [0.29, 0.717) is 19.0 Å². The van der Waals surface area contributed by atoms with Crippen molar-refractivity contribution in [1.82, 2.24) is 10.6 Å². The molecule has 0 spiro atoms. The lowest BCUT2D eigenvalue weighted by atomic mass is 10.0. The molecule has 5 nitrogen and oxygen atoms in total. The molecule has 1 aliphatic carbocycles. The van der Waals surface area contributed by atoms with Crippen molar-refractivity contribution in [2.45, 2.75) is 45.2 Å². The van der Waals surface area contributed by atoms with Crippen molar-refractivity contribution >= 4 is 11.9 Å². The lowest BCUT2D eigenvalue weighted by Gasteiger charge is -2.19. The lowest BCUT2D eigenvalue weighted by molar-refractivity contribution is -0.146. The zero-order valence-corrected chi connectivity index (χ0v) is 10.8. The highest BCUT2D eigenvalue weighted by molar-refractivity contribution is 5.84. The molecule has 0 saturated heterocycles. The van der Waals surface area contributed by atoms with Crippen LogP contribution in [0.15, 0.2) is 0 Å². The molecular weight excluding hydrogens is 220 g/mol. The van der Waals surface area contributed by atoms with Gasteiger partial charge in [-0.2, -0.15) is 0 Å². The van der Waals surface area contributed by atoms with Crippen molar-refractivity contribution in [1.29, 1.82) is 0 Å². The highest BCUT2D eigenvalue weighted by atomic mass is 16.5. The van der Waals surface area contributed by atoms with E-state index in [-0.39, 0.29) is 17.8 Å². The third kappa shape index (κ3) is 5.17. The first-order chi connectivity index (χ1) is 8.04. The molecule has 98 valence electrons. The molecule has 0 aromatic rings. The lowest BCUT2D eigenvalue weighted by Crippen LogP contribution is -2.45. The molecule has 0 aromatic heterocycles. The van der Waals surface area contributed by atoms with Crippen molar-refractivity contribution in [3.8, 4) is 0 Å². The molecule has 1 fully saturated rings. The predicted molar refractivity (Wildman–Crippen MR) is 64.4 cm³/mol. The molecule has 0 aliphatic heterocycles. The largest absolute Gasteiger partial charge is 0.467 e. The summed E-state index contributed by atoms with van der Waals surface area (Å²) in [6.07, 6.45) is 2.81. The van der Waals surface area contributed by atoms with Crippen LogP contribution < -0.4 is 10.6 Å². The number of nitrogens with one attached hydrogen (secondary N) is 2. The Labute approximate surface area is 102 Å². The maximum atomic E-state index is 11.6. The first kappa shape index (κ1) is 14.0. The Morgan fingerprint density at radius 3 is 2.47 bits per heavy atom. The summed E-state index contributed by atoms with van der Waals surface area (Å²) >= 11 is 0. The van der Waals surface area contributed by atoms with E-state index in [0.717, 1.165) is 0 Å². The maximum Gasteiger partial charge on any atom is 0.328 e. The van der Waals surface area contributed by atoms with Crippen molar-refractivity contribution in [3.63, 3.8) is 0 Å². The van der Waals surface area contributed by atoms with E-state index in [1.807, 2.05) is 13.8 Å². The number of esters is 1. The molecule has 17 heavy (non-hydrogen) atoms. The highest BCUT2D eigenvalue weighted by Crippen LogP contribution is 2.18. The minimum absolute atomic E-state index is 0.0304. The fourth-order valence-electron chi connectivity index (χ4n) is 1.55. The smallest absolute Gasteiger partial charge is 0.328 e. The average molecular weight is 242 g/mol. The van der Waals surface area contributed by atoms with Gasteiger partial charge in [-0.1, -0.05) is 13.8 Å². The Morgan fingerprint density at radius 1 is 1.35 bits per heavy atom. The van der Waals surface area contributed by atoms with Crippen LogP contribution >= 0.6 is 0 Å². The highest BCUT2D eigenvalue weighted by Gasteiger charge is 2.25. The molecule has 2 N–H and O–H groups in total. The molecular formula is C12H22N2O3. The van der Waals surface area contributed by atoms with Crippen molar-refractivity contribution in [3.05, 3.63) is 0 Å². The Kier molecular flexibility index (Phi) is 5.41. The van der Waals surface area contributed by atoms with E-state index >= 15 is 0 Å². The number of amides is 1. The zero-order valence-electron chi connectivity index (χ0n) is 10.8. The zero-order chi connectivity index (χ0) is 12.8. The molecule has 5 heteroatoms. The summed E-state index contributed by atoms with van der Waals surface area (Å²) in [5.74, 6) is -0.464. The average Bonchev–Trinajstić information content (AvgIpc) is 3.08. The summed E-state index contributed by atoms with van der Waals surface area (Å²) in [6.45, 7) is 4.43. The van der Waals surface area contributed by atoms with Gasteiger partial charge in [0.05, 0.1) is 7.11 Å². The van der Waals surface area contributed by atoms with E-state index in [2.05, 4.69) is 15.4 Å². The predicted octanol–water partition coefficient (Wildman–Crippen LogP) is 0.442. The molecule has 1 rings (SSSR count). The number of carbonyl (C=O) groups excluding carboxylic acids is 2. The second-order valence-corrected chi connectivity index (χ2v) is 4.79. The number of hydrogen-bond acceptors (Lipinski definition) is 4. The Bertz CT molecular complexity index is 275. The molecule has 0 bridgehead atoms. The monoisotopic (exact) mass is 242 g/mol. The fraction of sp³-hybridized carbons (Fsp3) is 0.833. The summed E-state index contributed by atoms with van der Waals surface area (Å²) < 4.78 is 4.66. The topological polar surface area (TPSA) is 67.4 Å². The minimum atomic E-state index is -0.548. The van der Waals surface area contributed by atoms with Gasteiger partial charge < -0.3 is 15.4 Å². The molecule has 0 radical (unpaired) electrons. The van der Waals surface area contributed by atoms with Crippen LogP contribution in [0.4, 0.5) is 0 Å². The Hall–Kier alpha value is -1.10. The standard InChI is InChI=1S/C12H22N2O3/c1-8(2)11(12(16)17-3)14-10(15)6-7-13-9-4-5-9/h8-9,11,13H,4-7H2,1-3H3,(H,14,15)/t11-/m1/s1. The molecule has 1 saturated carbocycles. The number of rotatable bonds is 7. The van der Waals surface area contributed by atoms with Crippen LogP contribution in [-0.4, -0.2) is 37.6 Å². The maximum absolute atomic E-state index is 11.6. The van der Waals surface area contributed by atoms with Gasteiger partial charge in [0.2, 0.25) is 5.91 Å². The minimum Gasteiger partial charge on any atom is -0.467 e. The van der Waals surface area contributed by atoms with Gasteiger partial charge in [0.15, 0.2) is 0 Å². The summed E-state index contributed by atoms with van der Waals surface area (Å²) in [7, 11) is 1.33. The second kappa shape index (κ2) is 6.59.